The maximum atomic E-state index is 11.5. The van der Waals surface area contributed by atoms with E-state index in [0.717, 1.165) is 31.0 Å². The van der Waals surface area contributed by atoms with Crippen LogP contribution in [0.1, 0.15) is 18.9 Å². The summed E-state index contributed by atoms with van der Waals surface area (Å²) in [5.74, 6) is 1.28. The highest BCUT2D eigenvalue weighted by molar-refractivity contribution is 14.0. The molecule has 9 heteroatoms. The normalized spacial score (nSPS) is 10.7. The van der Waals surface area contributed by atoms with E-state index in [9.17, 15) is 4.79 Å². The lowest BCUT2D eigenvalue weighted by Crippen LogP contribution is -2.37. The number of aliphatic imine (C=N–C) groups is 1. The van der Waals surface area contributed by atoms with E-state index < -0.39 is 0 Å². The second kappa shape index (κ2) is 13.8. The standard InChI is InChI=1S/C19H28N6O2.HI/c1-3-21-18(26)15-27-17-8-4-7-16(13-17)14-23-19(20-2)22-9-5-11-25-12-6-10-24-25;/h4,6-8,10,12-13H,3,5,9,11,14-15H2,1-2H3,(H,21,26)(H2,20,22,23);1H. The average molecular weight is 500 g/mol. The molecule has 3 N–H and O–H groups in total. The lowest BCUT2D eigenvalue weighted by Gasteiger charge is -2.13. The minimum Gasteiger partial charge on any atom is -0.484 e. The molecule has 0 aliphatic carbocycles. The number of aryl methyl sites for hydroxylation is 1. The number of carbonyl (C=O) groups is 1. The monoisotopic (exact) mass is 500 g/mol. The van der Waals surface area contributed by atoms with Gasteiger partial charge >= 0.3 is 0 Å². The summed E-state index contributed by atoms with van der Waals surface area (Å²) < 4.78 is 7.42. The number of nitrogens with one attached hydrogen (secondary N) is 3. The van der Waals surface area contributed by atoms with Crippen molar-refractivity contribution >= 4 is 35.8 Å². The number of likely N-dealkylation sites (N-methyl/N-ethyl adjacent to an activating group) is 1. The van der Waals surface area contributed by atoms with Gasteiger partial charge in [-0.15, -0.1) is 24.0 Å². The highest BCUT2D eigenvalue weighted by atomic mass is 127. The average Bonchev–Trinajstić information content (AvgIpc) is 3.20. The molecule has 1 aromatic heterocycles. The van der Waals surface area contributed by atoms with Crippen molar-refractivity contribution in [3.63, 3.8) is 0 Å². The van der Waals surface area contributed by atoms with Gasteiger partial charge in [-0.3, -0.25) is 14.5 Å². The zero-order chi connectivity index (χ0) is 19.3. The number of guanidine groups is 1. The van der Waals surface area contributed by atoms with Gasteiger partial charge in [0.15, 0.2) is 12.6 Å². The first kappa shape index (κ1) is 23.7. The van der Waals surface area contributed by atoms with Gasteiger partial charge in [-0.25, -0.2) is 0 Å². The van der Waals surface area contributed by atoms with Crippen molar-refractivity contribution in [1.29, 1.82) is 0 Å². The molecule has 0 saturated heterocycles. The van der Waals surface area contributed by atoms with Crippen molar-refractivity contribution in [2.75, 3.05) is 26.7 Å². The molecule has 1 aromatic carbocycles. The summed E-state index contributed by atoms with van der Waals surface area (Å²) in [5.41, 5.74) is 1.04. The minimum atomic E-state index is -0.124. The number of benzene rings is 1. The molecule has 0 saturated carbocycles. The lowest BCUT2D eigenvalue weighted by molar-refractivity contribution is -0.122. The Kier molecular flexibility index (Phi) is 11.7. The molecule has 0 aliphatic heterocycles. The van der Waals surface area contributed by atoms with E-state index in [4.69, 9.17) is 4.74 Å². The van der Waals surface area contributed by atoms with Crippen LogP contribution in [0.3, 0.4) is 0 Å². The van der Waals surface area contributed by atoms with Gasteiger partial charge in [0, 0.05) is 45.6 Å². The molecule has 0 bridgehead atoms. The van der Waals surface area contributed by atoms with E-state index in [1.165, 1.54) is 0 Å². The molecule has 2 aromatic rings. The summed E-state index contributed by atoms with van der Waals surface area (Å²) in [7, 11) is 1.74. The molecular weight excluding hydrogens is 471 g/mol. The Labute approximate surface area is 183 Å². The lowest BCUT2D eigenvalue weighted by atomic mass is 10.2. The van der Waals surface area contributed by atoms with Gasteiger partial charge in [0.1, 0.15) is 5.75 Å². The Hall–Kier alpha value is -2.30. The van der Waals surface area contributed by atoms with Crippen molar-refractivity contribution in [2.45, 2.75) is 26.4 Å². The maximum Gasteiger partial charge on any atom is 0.257 e. The fourth-order valence-electron chi connectivity index (χ4n) is 2.43. The van der Waals surface area contributed by atoms with Gasteiger partial charge < -0.3 is 20.7 Å². The Morgan fingerprint density at radius 2 is 2.11 bits per heavy atom. The van der Waals surface area contributed by atoms with Crippen LogP contribution in [0.15, 0.2) is 47.7 Å². The van der Waals surface area contributed by atoms with Crippen LogP contribution in [0.4, 0.5) is 0 Å². The van der Waals surface area contributed by atoms with E-state index in [2.05, 4.69) is 26.0 Å². The molecule has 28 heavy (non-hydrogen) atoms. The molecule has 0 aliphatic rings. The van der Waals surface area contributed by atoms with E-state index in [1.807, 2.05) is 48.1 Å². The summed E-state index contributed by atoms with van der Waals surface area (Å²) in [4.78, 5) is 15.7. The molecule has 0 spiro atoms. The van der Waals surface area contributed by atoms with E-state index >= 15 is 0 Å². The van der Waals surface area contributed by atoms with Crippen LogP contribution in [-0.4, -0.2) is 48.4 Å². The Balaban J connectivity index is 0.00000392. The molecule has 154 valence electrons. The number of nitrogens with zero attached hydrogens (tertiary/aromatic N) is 3. The Morgan fingerprint density at radius 3 is 2.82 bits per heavy atom. The van der Waals surface area contributed by atoms with Crippen LogP contribution in [0, 0.1) is 0 Å². The number of hydrogen-bond donors (Lipinski definition) is 3. The number of amides is 1. The van der Waals surface area contributed by atoms with E-state index in [1.54, 1.807) is 13.2 Å². The van der Waals surface area contributed by atoms with Crippen molar-refractivity contribution in [3.8, 4) is 5.75 Å². The minimum absolute atomic E-state index is 0. The Bertz CT molecular complexity index is 721. The second-order valence-corrected chi connectivity index (χ2v) is 5.86. The first-order valence-electron chi connectivity index (χ1n) is 9.11. The quantitative estimate of drug-likeness (QED) is 0.200. The third kappa shape index (κ3) is 9.07. The number of aromatic nitrogens is 2. The predicted molar refractivity (Wildman–Crippen MR) is 121 cm³/mol. The number of rotatable bonds is 10. The van der Waals surface area contributed by atoms with Gasteiger partial charge in [0.05, 0.1) is 0 Å². The van der Waals surface area contributed by atoms with Gasteiger partial charge in [-0.05, 0) is 37.1 Å². The van der Waals surface area contributed by atoms with Gasteiger partial charge in [-0.2, -0.15) is 5.10 Å². The van der Waals surface area contributed by atoms with Crippen LogP contribution >= 0.6 is 24.0 Å². The molecule has 1 amide bonds. The third-order valence-electron chi connectivity index (χ3n) is 3.74. The molecule has 1 heterocycles. The highest BCUT2D eigenvalue weighted by Crippen LogP contribution is 2.13. The third-order valence-corrected chi connectivity index (χ3v) is 3.74. The highest BCUT2D eigenvalue weighted by Gasteiger charge is 2.03. The molecule has 0 unspecified atom stereocenters. The molecule has 0 radical (unpaired) electrons. The Morgan fingerprint density at radius 1 is 1.25 bits per heavy atom. The molecule has 0 atom stereocenters. The first-order valence-corrected chi connectivity index (χ1v) is 9.11. The van der Waals surface area contributed by atoms with E-state index in [0.29, 0.717) is 18.8 Å². The summed E-state index contributed by atoms with van der Waals surface area (Å²) >= 11 is 0. The molecule has 8 nitrogen and oxygen atoms in total. The maximum absolute atomic E-state index is 11.5. The number of carbonyl (C=O) groups excluding carboxylic acids is 1. The summed E-state index contributed by atoms with van der Waals surface area (Å²) in [5, 5.41) is 13.4. The summed E-state index contributed by atoms with van der Waals surface area (Å²) in [6, 6.07) is 9.57. The first-order chi connectivity index (χ1) is 13.2. The second-order valence-electron chi connectivity index (χ2n) is 5.86. The fourth-order valence-corrected chi connectivity index (χ4v) is 2.43. The fraction of sp³-hybridized carbons (Fsp3) is 0.421. The number of hydrogen-bond acceptors (Lipinski definition) is 4. The van der Waals surface area contributed by atoms with Crippen molar-refractivity contribution < 1.29 is 9.53 Å². The van der Waals surface area contributed by atoms with Crippen LogP contribution in [0.25, 0.3) is 0 Å². The van der Waals surface area contributed by atoms with Crippen molar-refractivity contribution in [3.05, 3.63) is 48.3 Å². The number of ether oxygens (including phenoxy) is 1. The predicted octanol–water partition coefficient (Wildman–Crippen LogP) is 1.77. The van der Waals surface area contributed by atoms with Crippen LogP contribution in [0.5, 0.6) is 5.75 Å². The summed E-state index contributed by atoms with van der Waals surface area (Å²) in [6.45, 7) is 4.77. The van der Waals surface area contributed by atoms with Gasteiger partial charge in [0.2, 0.25) is 0 Å². The topological polar surface area (TPSA) is 92.6 Å². The number of halogens is 1. The van der Waals surface area contributed by atoms with Crippen molar-refractivity contribution in [1.82, 2.24) is 25.7 Å². The van der Waals surface area contributed by atoms with E-state index in [-0.39, 0.29) is 36.5 Å². The zero-order valence-electron chi connectivity index (χ0n) is 16.4. The zero-order valence-corrected chi connectivity index (χ0v) is 18.7. The molecule has 0 fully saturated rings. The molecule has 2 rings (SSSR count). The smallest absolute Gasteiger partial charge is 0.257 e. The van der Waals surface area contributed by atoms with Crippen LogP contribution < -0.4 is 20.7 Å². The van der Waals surface area contributed by atoms with Gasteiger partial charge in [0.25, 0.3) is 5.91 Å². The largest absolute Gasteiger partial charge is 0.484 e. The summed E-state index contributed by atoms with van der Waals surface area (Å²) in [6.07, 6.45) is 4.68. The molecular formula is C19H29IN6O2. The van der Waals surface area contributed by atoms with Crippen LogP contribution in [0.2, 0.25) is 0 Å². The SMILES string of the molecule is CCNC(=O)COc1cccc(CNC(=NC)NCCCn2cccn2)c1.I. The van der Waals surface area contributed by atoms with Crippen molar-refractivity contribution in [2.24, 2.45) is 4.99 Å². The van der Waals surface area contributed by atoms with Crippen LogP contribution in [-0.2, 0) is 17.9 Å². The van der Waals surface area contributed by atoms with Gasteiger partial charge in [-0.1, -0.05) is 12.1 Å².